The minimum atomic E-state index is -0.383. The van der Waals surface area contributed by atoms with Crippen LogP contribution in [-0.2, 0) is 6.54 Å². The molecule has 0 bridgehead atoms. The number of non-ortho nitro benzene ring substituents is 1. The number of nitro benzene ring substituents is 1. The average Bonchev–Trinajstić information content (AvgIpc) is 2.52. The summed E-state index contributed by atoms with van der Waals surface area (Å²) >= 11 is 0. The summed E-state index contributed by atoms with van der Waals surface area (Å²) in [6.07, 6.45) is 2.47. The summed E-state index contributed by atoms with van der Waals surface area (Å²) in [6, 6.07) is 6.59. The first-order chi connectivity index (χ1) is 10.6. The third kappa shape index (κ3) is 5.96. The molecule has 0 amide bonds. The maximum Gasteiger partial charge on any atom is 0.269 e. The fraction of sp³-hybridized carbons (Fsp3) is 0.562. The molecule has 1 atom stereocenters. The molecular formula is C16H25IN4O2. The number of rotatable bonds is 4. The first-order valence-electron chi connectivity index (χ1n) is 7.86. The Morgan fingerprint density at radius 2 is 2.13 bits per heavy atom. The Hall–Kier alpha value is -1.38. The van der Waals surface area contributed by atoms with Crippen molar-refractivity contribution < 1.29 is 4.92 Å². The number of guanidine groups is 1. The van der Waals surface area contributed by atoms with Crippen molar-refractivity contribution in [1.29, 1.82) is 0 Å². The number of halogens is 1. The number of hydrogen-bond acceptors (Lipinski definition) is 3. The molecule has 23 heavy (non-hydrogen) atoms. The predicted octanol–water partition coefficient (Wildman–Crippen LogP) is 3.41. The third-order valence-electron chi connectivity index (χ3n) is 3.85. The molecule has 0 radical (unpaired) electrons. The zero-order valence-electron chi connectivity index (χ0n) is 13.7. The van der Waals surface area contributed by atoms with Gasteiger partial charge in [0.15, 0.2) is 5.96 Å². The average molecular weight is 432 g/mol. The number of aliphatic imine (C=N–C) groups is 1. The van der Waals surface area contributed by atoms with Crippen molar-refractivity contribution in [2.45, 2.75) is 33.2 Å². The Bertz CT molecular complexity index is 533. The molecule has 0 aliphatic carbocycles. The summed E-state index contributed by atoms with van der Waals surface area (Å²) in [5, 5.41) is 14.0. The quantitative estimate of drug-likeness (QED) is 0.260. The maximum atomic E-state index is 10.7. The molecule has 2 rings (SSSR count). The van der Waals surface area contributed by atoms with Gasteiger partial charge in [0.1, 0.15) is 0 Å². The van der Waals surface area contributed by atoms with Crippen LogP contribution in [0, 0.1) is 16.0 Å². The highest BCUT2D eigenvalue weighted by atomic mass is 127. The van der Waals surface area contributed by atoms with Crippen LogP contribution in [0.25, 0.3) is 0 Å². The summed E-state index contributed by atoms with van der Waals surface area (Å²) in [5.74, 6) is 1.63. The fourth-order valence-electron chi connectivity index (χ4n) is 2.70. The van der Waals surface area contributed by atoms with Gasteiger partial charge in [-0.3, -0.25) is 10.1 Å². The second-order valence-electron chi connectivity index (χ2n) is 5.79. The van der Waals surface area contributed by atoms with Crippen molar-refractivity contribution in [3.8, 4) is 0 Å². The van der Waals surface area contributed by atoms with Gasteiger partial charge in [-0.25, -0.2) is 4.99 Å². The fourth-order valence-corrected chi connectivity index (χ4v) is 2.70. The van der Waals surface area contributed by atoms with Crippen LogP contribution in [0.3, 0.4) is 0 Å². The molecule has 0 saturated carbocycles. The SMILES string of the molecule is CCNC(=NCc1ccc([N+](=O)[O-])cc1)N1CCCC(C)C1.I. The van der Waals surface area contributed by atoms with E-state index in [1.54, 1.807) is 12.1 Å². The van der Waals surface area contributed by atoms with Crippen LogP contribution >= 0.6 is 24.0 Å². The van der Waals surface area contributed by atoms with Crippen LogP contribution in [-0.4, -0.2) is 35.4 Å². The summed E-state index contributed by atoms with van der Waals surface area (Å²) in [4.78, 5) is 17.3. The molecule has 1 aliphatic heterocycles. The van der Waals surface area contributed by atoms with Crippen molar-refractivity contribution >= 4 is 35.6 Å². The third-order valence-corrected chi connectivity index (χ3v) is 3.85. The van der Waals surface area contributed by atoms with Crippen LogP contribution in [0.2, 0.25) is 0 Å². The molecule has 1 saturated heterocycles. The largest absolute Gasteiger partial charge is 0.357 e. The van der Waals surface area contributed by atoms with E-state index in [0.717, 1.165) is 31.2 Å². The van der Waals surface area contributed by atoms with Crippen molar-refractivity contribution in [2.75, 3.05) is 19.6 Å². The molecule has 1 fully saturated rings. The Kier molecular flexibility index (Phi) is 8.29. The zero-order chi connectivity index (χ0) is 15.9. The molecule has 7 heteroatoms. The smallest absolute Gasteiger partial charge is 0.269 e. The summed E-state index contributed by atoms with van der Waals surface area (Å²) in [7, 11) is 0. The van der Waals surface area contributed by atoms with Gasteiger partial charge in [0.25, 0.3) is 5.69 Å². The first-order valence-corrected chi connectivity index (χ1v) is 7.86. The molecule has 0 spiro atoms. The Labute approximate surface area is 154 Å². The lowest BCUT2D eigenvalue weighted by molar-refractivity contribution is -0.384. The van der Waals surface area contributed by atoms with Gasteiger partial charge in [-0.05, 0) is 31.2 Å². The highest BCUT2D eigenvalue weighted by molar-refractivity contribution is 14.0. The molecule has 128 valence electrons. The van der Waals surface area contributed by atoms with E-state index < -0.39 is 0 Å². The molecule has 1 aliphatic rings. The highest BCUT2D eigenvalue weighted by Gasteiger charge is 2.19. The van der Waals surface area contributed by atoms with Gasteiger partial charge in [-0.2, -0.15) is 0 Å². The van der Waals surface area contributed by atoms with Crippen LogP contribution in [0.5, 0.6) is 0 Å². The Morgan fingerprint density at radius 1 is 1.43 bits per heavy atom. The van der Waals surface area contributed by atoms with Gasteiger partial charge in [-0.15, -0.1) is 24.0 Å². The number of piperidine rings is 1. The topological polar surface area (TPSA) is 70.8 Å². The standard InChI is InChI=1S/C16H24N4O2.HI/c1-3-17-16(19-10-4-5-13(2)12-19)18-11-14-6-8-15(9-7-14)20(21)22;/h6-9,13H,3-5,10-12H2,1-2H3,(H,17,18);1H. The van der Waals surface area contributed by atoms with Gasteiger partial charge in [0.05, 0.1) is 11.5 Å². The van der Waals surface area contributed by atoms with E-state index in [2.05, 4.69) is 29.1 Å². The number of nitro groups is 1. The number of hydrogen-bond donors (Lipinski definition) is 1. The van der Waals surface area contributed by atoms with Crippen LogP contribution in [0.4, 0.5) is 5.69 Å². The lowest BCUT2D eigenvalue weighted by Crippen LogP contribution is -2.46. The van der Waals surface area contributed by atoms with E-state index in [1.807, 2.05) is 0 Å². The van der Waals surface area contributed by atoms with Crippen LogP contribution in [0.1, 0.15) is 32.3 Å². The van der Waals surface area contributed by atoms with E-state index in [4.69, 9.17) is 0 Å². The normalized spacial score (nSPS) is 18.3. The Balaban J connectivity index is 0.00000264. The minimum Gasteiger partial charge on any atom is -0.357 e. The van der Waals surface area contributed by atoms with E-state index in [-0.39, 0.29) is 34.6 Å². The lowest BCUT2D eigenvalue weighted by Gasteiger charge is -2.33. The van der Waals surface area contributed by atoms with Gasteiger partial charge in [-0.1, -0.05) is 19.1 Å². The maximum absolute atomic E-state index is 10.7. The Morgan fingerprint density at radius 3 is 2.70 bits per heavy atom. The summed E-state index contributed by atoms with van der Waals surface area (Å²) in [5.41, 5.74) is 1.09. The van der Waals surface area contributed by atoms with Crippen LogP contribution in [0.15, 0.2) is 29.3 Å². The molecule has 1 unspecified atom stereocenters. The number of likely N-dealkylation sites (tertiary alicyclic amines) is 1. The van der Waals surface area contributed by atoms with Gasteiger partial charge in [0, 0.05) is 31.8 Å². The van der Waals surface area contributed by atoms with Crippen molar-refractivity contribution in [1.82, 2.24) is 10.2 Å². The number of nitrogens with zero attached hydrogens (tertiary/aromatic N) is 3. The lowest BCUT2D eigenvalue weighted by atomic mass is 10.0. The van der Waals surface area contributed by atoms with Gasteiger partial charge >= 0.3 is 0 Å². The summed E-state index contributed by atoms with van der Waals surface area (Å²) < 4.78 is 0. The molecule has 1 N–H and O–H groups in total. The molecule has 1 aromatic carbocycles. The van der Waals surface area contributed by atoms with E-state index in [9.17, 15) is 10.1 Å². The second kappa shape index (κ2) is 9.69. The number of nitrogens with one attached hydrogen (secondary N) is 1. The minimum absolute atomic E-state index is 0. The van der Waals surface area contributed by atoms with Crippen molar-refractivity contribution in [2.24, 2.45) is 10.9 Å². The predicted molar refractivity (Wildman–Crippen MR) is 103 cm³/mol. The molecule has 0 aromatic heterocycles. The van der Waals surface area contributed by atoms with Crippen LogP contribution < -0.4 is 5.32 Å². The monoisotopic (exact) mass is 432 g/mol. The summed E-state index contributed by atoms with van der Waals surface area (Å²) in [6.45, 7) is 7.78. The van der Waals surface area contributed by atoms with Crippen molar-refractivity contribution in [3.05, 3.63) is 39.9 Å². The zero-order valence-corrected chi connectivity index (χ0v) is 16.0. The van der Waals surface area contributed by atoms with Crippen molar-refractivity contribution in [3.63, 3.8) is 0 Å². The van der Waals surface area contributed by atoms with E-state index in [0.29, 0.717) is 12.5 Å². The number of benzene rings is 1. The molecule has 1 aromatic rings. The van der Waals surface area contributed by atoms with E-state index in [1.165, 1.54) is 25.0 Å². The van der Waals surface area contributed by atoms with E-state index >= 15 is 0 Å². The highest BCUT2D eigenvalue weighted by Crippen LogP contribution is 2.16. The molecule has 6 nitrogen and oxygen atoms in total. The van der Waals surface area contributed by atoms with Gasteiger partial charge < -0.3 is 10.2 Å². The molecule has 1 heterocycles. The first kappa shape index (κ1) is 19.7. The van der Waals surface area contributed by atoms with Gasteiger partial charge in [0.2, 0.25) is 0 Å². The molecular weight excluding hydrogens is 407 g/mol. The second-order valence-corrected chi connectivity index (χ2v) is 5.79.